The zero-order valence-electron chi connectivity index (χ0n) is 12.6. The molecule has 0 aliphatic carbocycles. The molecule has 0 heterocycles. The Labute approximate surface area is 122 Å². The molecule has 0 amide bonds. The Morgan fingerprint density at radius 2 is 1.10 bits per heavy atom. The summed E-state index contributed by atoms with van der Waals surface area (Å²) in [6.07, 6.45) is 1.70. The minimum absolute atomic E-state index is 0.0480. The summed E-state index contributed by atoms with van der Waals surface area (Å²) in [6, 6.07) is 17.2. The molecule has 0 unspecified atom stereocenters. The first-order valence-corrected chi connectivity index (χ1v) is 7.51. The third kappa shape index (κ3) is 3.29. The molecule has 0 saturated heterocycles. The number of benzene rings is 2. The predicted molar refractivity (Wildman–Crippen MR) is 85.2 cm³/mol. The Hall–Kier alpha value is -1.60. The Morgan fingerprint density at radius 3 is 1.35 bits per heavy atom. The van der Waals surface area contributed by atoms with Gasteiger partial charge in [0.05, 0.1) is 6.10 Å². The summed E-state index contributed by atoms with van der Waals surface area (Å²) in [5.41, 5.74) is 5.03. The van der Waals surface area contributed by atoms with Gasteiger partial charge in [-0.15, -0.1) is 0 Å². The van der Waals surface area contributed by atoms with Crippen molar-refractivity contribution >= 4 is 0 Å². The molecular formula is C19H24O. The molecular weight excluding hydrogens is 244 g/mol. The normalized spacial score (nSPS) is 12.7. The van der Waals surface area contributed by atoms with Crippen LogP contribution < -0.4 is 0 Å². The molecule has 0 aliphatic rings. The van der Waals surface area contributed by atoms with Crippen molar-refractivity contribution < 1.29 is 5.11 Å². The summed E-state index contributed by atoms with van der Waals surface area (Å²) in [5.74, 6) is 0.0480. The minimum Gasteiger partial charge on any atom is -0.392 e. The summed E-state index contributed by atoms with van der Waals surface area (Å²) in [5, 5.41) is 10.2. The van der Waals surface area contributed by atoms with Crippen LogP contribution in [0.4, 0.5) is 0 Å². The van der Waals surface area contributed by atoms with Crippen LogP contribution in [0.15, 0.2) is 48.5 Å². The third-order valence-corrected chi connectivity index (χ3v) is 3.98. The number of hydrogen-bond acceptors (Lipinski definition) is 1. The number of rotatable bonds is 5. The van der Waals surface area contributed by atoms with E-state index in [0.29, 0.717) is 0 Å². The van der Waals surface area contributed by atoms with Crippen LogP contribution in [-0.4, -0.2) is 11.2 Å². The highest BCUT2D eigenvalue weighted by molar-refractivity contribution is 5.36. The van der Waals surface area contributed by atoms with Crippen molar-refractivity contribution in [2.24, 2.45) is 0 Å². The zero-order chi connectivity index (χ0) is 14.5. The van der Waals surface area contributed by atoms with Crippen LogP contribution in [0.1, 0.15) is 48.9 Å². The molecule has 0 aromatic heterocycles. The predicted octanol–water partition coefficient (Wildman–Crippen LogP) is 4.32. The second kappa shape index (κ2) is 6.71. The van der Waals surface area contributed by atoms with Crippen molar-refractivity contribution in [2.45, 2.75) is 45.6 Å². The molecule has 0 bridgehead atoms. The number of hydrogen-bond donors (Lipinski definition) is 1. The molecule has 2 aromatic carbocycles. The molecule has 0 radical (unpaired) electrons. The average Bonchev–Trinajstić information content (AvgIpc) is 2.48. The quantitative estimate of drug-likeness (QED) is 0.856. The van der Waals surface area contributed by atoms with Crippen LogP contribution in [0.25, 0.3) is 0 Å². The standard InChI is InChI=1S/C19H24O/c1-4-15-6-10-17(11-7-15)19(14(3)20)18-12-8-16(5-2)9-13-18/h6-14,19-20H,4-5H2,1-3H3/t14-/m0/s1. The lowest BCUT2D eigenvalue weighted by Crippen LogP contribution is -2.16. The Kier molecular flexibility index (Phi) is 4.97. The fourth-order valence-corrected chi connectivity index (χ4v) is 2.67. The van der Waals surface area contributed by atoms with Crippen LogP contribution >= 0.6 is 0 Å². The maximum absolute atomic E-state index is 10.2. The molecule has 0 aliphatic heterocycles. The van der Waals surface area contributed by atoms with Crippen molar-refractivity contribution in [1.82, 2.24) is 0 Å². The molecule has 0 fully saturated rings. The van der Waals surface area contributed by atoms with Gasteiger partial charge >= 0.3 is 0 Å². The smallest absolute Gasteiger partial charge is 0.0621 e. The van der Waals surface area contributed by atoms with Crippen LogP contribution in [-0.2, 0) is 12.8 Å². The van der Waals surface area contributed by atoms with Crippen LogP contribution in [0.2, 0.25) is 0 Å². The Morgan fingerprint density at radius 1 is 0.750 bits per heavy atom. The van der Waals surface area contributed by atoms with E-state index in [2.05, 4.69) is 62.4 Å². The highest BCUT2D eigenvalue weighted by Crippen LogP contribution is 2.28. The summed E-state index contributed by atoms with van der Waals surface area (Å²) in [6.45, 7) is 6.18. The van der Waals surface area contributed by atoms with Gasteiger partial charge in [0.25, 0.3) is 0 Å². The lowest BCUT2D eigenvalue weighted by Gasteiger charge is -2.21. The van der Waals surface area contributed by atoms with Gasteiger partial charge in [0.15, 0.2) is 0 Å². The summed E-state index contributed by atoms with van der Waals surface area (Å²) in [4.78, 5) is 0. The topological polar surface area (TPSA) is 20.2 Å². The summed E-state index contributed by atoms with van der Waals surface area (Å²) < 4.78 is 0. The molecule has 1 N–H and O–H groups in total. The van der Waals surface area contributed by atoms with E-state index in [1.54, 1.807) is 0 Å². The van der Waals surface area contributed by atoms with E-state index >= 15 is 0 Å². The van der Waals surface area contributed by atoms with Crippen molar-refractivity contribution in [1.29, 1.82) is 0 Å². The lowest BCUT2D eigenvalue weighted by atomic mass is 9.86. The van der Waals surface area contributed by atoms with E-state index in [0.717, 1.165) is 12.8 Å². The van der Waals surface area contributed by atoms with Gasteiger partial charge in [-0.05, 0) is 42.0 Å². The van der Waals surface area contributed by atoms with Crippen LogP contribution in [0, 0.1) is 0 Å². The number of aliphatic hydroxyl groups is 1. The SMILES string of the molecule is CCc1ccc(C(c2ccc(CC)cc2)[C@H](C)O)cc1. The van der Waals surface area contributed by atoms with Gasteiger partial charge in [0.2, 0.25) is 0 Å². The zero-order valence-corrected chi connectivity index (χ0v) is 12.6. The number of aryl methyl sites for hydroxylation is 2. The largest absolute Gasteiger partial charge is 0.392 e. The third-order valence-electron chi connectivity index (χ3n) is 3.98. The fraction of sp³-hybridized carbons (Fsp3) is 0.368. The molecule has 1 nitrogen and oxygen atoms in total. The van der Waals surface area contributed by atoms with Crippen molar-refractivity contribution in [3.05, 3.63) is 70.8 Å². The number of aliphatic hydroxyl groups excluding tert-OH is 1. The molecule has 106 valence electrons. The first-order valence-electron chi connectivity index (χ1n) is 7.51. The van der Waals surface area contributed by atoms with Gasteiger partial charge in [-0.1, -0.05) is 62.4 Å². The second-order valence-electron chi connectivity index (χ2n) is 5.41. The van der Waals surface area contributed by atoms with Gasteiger partial charge in [0.1, 0.15) is 0 Å². The highest BCUT2D eigenvalue weighted by atomic mass is 16.3. The first-order chi connectivity index (χ1) is 9.65. The van der Waals surface area contributed by atoms with Crippen LogP contribution in [0.3, 0.4) is 0 Å². The van der Waals surface area contributed by atoms with E-state index in [-0.39, 0.29) is 5.92 Å². The first kappa shape index (κ1) is 14.8. The molecule has 1 atom stereocenters. The Balaban J connectivity index is 2.33. The van der Waals surface area contributed by atoms with Crippen molar-refractivity contribution in [2.75, 3.05) is 0 Å². The molecule has 20 heavy (non-hydrogen) atoms. The van der Waals surface area contributed by atoms with Gasteiger partial charge in [-0.2, -0.15) is 0 Å². The molecule has 2 rings (SSSR count). The molecule has 0 saturated carbocycles. The van der Waals surface area contributed by atoms with Crippen LogP contribution in [0.5, 0.6) is 0 Å². The average molecular weight is 268 g/mol. The Bertz CT molecular complexity index is 475. The maximum Gasteiger partial charge on any atom is 0.0621 e. The maximum atomic E-state index is 10.2. The minimum atomic E-state index is -0.394. The van der Waals surface area contributed by atoms with Gasteiger partial charge in [-0.3, -0.25) is 0 Å². The van der Waals surface area contributed by atoms with E-state index < -0.39 is 6.10 Å². The second-order valence-corrected chi connectivity index (χ2v) is 5.41. The van der Waals surface area contributed by atoms with Crippen molar-refractivity contribution in [3.63, 3.8) is 0 Å². The molecule has 2 aromatic rings. The van der Waals surface area contributed by atoms with Gasteiger partial charge in [0, 0.05) is 5.92 Å². The monoisotopic (exact) mass is 268 g/mol. The van der Waals surface area contributed by atoms with E-state index in [1.807, 2.05) is 6.92 Å². The lowest BCUT2D eigenvalue weighted by molar-refractivity contribution is 0.176. The van der Waals surface area contributed by atoms with Crippen molar-refractivity contribution in [3.8, 4) is 0 Å². The van der Waals surface area contributed by atoms with E-state index in [9.17, 15) is 5.11 Å². The summed E-state index contributed by atoms with van der Waals surface area (Å²) in [7, 11) is 0. The highest BCUT2D eigenvalue weighted by Gasteiger charge is 2.19. The van der Waals surface area contributed by atoms with Gasteiger partial charge < -0.3 is 5.11 Å². The summed E-state index contributed by atoms with van der Waals surface area (Å²) >= 11 is 0. The van der Waals surface area contributed by atoms with E-state index in [4.69, 9.17) is 0 Å². The fourth-order valence-electron chi connectivity index (χ4n) is 2.67. The molecule has 0 spiro atoms. The van der Waals surface area contributed by atoms with Gasteiger partial charge in [-0.25, -0.2) is 0 Å². The van der Waals surface area contributed by atoms with E-state index in [1.165, 1.54) is 22.3 Å². The molecule has 1 heteroatoms.